The van der Waals surface area contributed by atoms with E-state index >= 15 is 0 Å². The molecule has 0 fully saturated rings. The molecule has 1 N–H and O–H groups in total. The Hall–Kier alpha value is -4.19. The first-order valence-corrected chi connectivity index (χ1v) is 11.2. The lowest BCUT2D eigenvalue weighted by molar-refractivity contribution is -0.130. The van der Waals surface area contributed by atoms with E-state index in [4.69, 9.17) is 4.74 Å². The molecule has 34 heavy (non-hydrogen) atoms. The van der Waals surface area contributed by atoms with E-state index in [0.29, 0.717) is 24.1 Å². The van der Waals surface area contributed by atoms with E-state index in [1.54, 1.807) is 29.2 Å². The molecule has 0 aliphatic heterocycles. The molecule has 0 saturated carbocycles. The fourth-order valence-electron chi connectivity index (χ4n) is 4.14. The molecule has 0 heterocycles. The lowest BCUT2D eigenvalue weighted by Gasteiger charge is -2.32. The molecule has 1 aliphatic carbocycles. The number of rotatable bonds is 6. The van der Waals surface area contributed by atoms with Gasteiger partial charge in [-0.2, -0.15) is 0 Å². The molecule has 2 unspecified atom stereocenters. The second-order valence-corrected chi connectivity index (χ2v) is 8.06. The predicted molar refractivity (Wildman–Crippen MR) is 132 cm³/mol. The molecular weight excluding hydrogens is 428 g/mol. The van der Waals surface area contributed by atoms with Crippen LogP contribution in [0.2, 0.25) is 0 Å². The smallest absolute Gasteiger partial charge is 0.337 e. The van der Waals surface area contributed by atoms with E-state index in [2.05, 4.69) is 5.32 Å². The minimum Gasteiger partial charge on any atom is -0.465 e. The van der Waals surface area contributed by atoms with Crippen LogP contribution in [0.1, 0.15) is 23.2 Å². The van der Waals surface area contributed by atoms with Crippen molar-refractivity contribution in [2.24, 2.45) is 11.8 Å². The molecule has 6 heteroatoms. The molecule has 0 aromatic heterocycles. The van der Waals surface area contributed by atoms with Crippen LogP contribution < -0.4 is 10.2 Å². The number of ether oxygens (including phenoxy) is 1. The molecule has 1 aliphatic rings. The second-order valence-electron chi connectivity index (χ2n) is 8.06. The molecule has 0 saturated heterocycles. The van der Waals surface area contributed by atoms with Gasteiger partial charge in [0, 0.05) is 17.1 Å². The monoisotopic (exact) mass is 454 g/mol. The van der Waals surface area contributed by atoms with Gasteiger partial charge in [-0.1, -0.05) is 48.6 Å². The fraction of sp³-hybridized carbons (Fsp3) is 0.179. The van der Waals surface area contributed by atoms with E-state index in [-0.39, 0.29) is 11.8 Å². The van der Waals surface area contributed by atoms with Gasteiger partial charge in [0.05, 0.1) is 24.5 Å². The van der Waals surface area contributed by atoms with E-state index in [9.17, 15) is 14.4 Å². The van der Waals surface area contributed by atoms with Crippen LogP contribution in [-0.2, 0) is 14.3 Å². The van der Waals surface area contributed by atoms with Crippen LogP contribution in [0.4, 0.5) is 17.1 Å². The Morgan fingerprint density at radius 1 is 0.765 bits per heavy atom. The molecule has 4 rings (SSSR count). The maximum absolute atomic E-state index is 13.9. The summed E-state index contributed by atoms with van der Waals surface area (Å²) in [4.78, 5) is 40.5. The fourth-order valence-corrected chi connectivity index (χ4v) is 4.14. The van der Waals surface area contributed by atoms with Gasteiger partial charge in [-0.15, -0.1) is 0 Å². The van der Waals surface area contributed by atoms with E-state index in [1.807, 2.05) is 72.8 Å². The zero-order valence-corrected chi connectivity index (χ0v) is 18.9. The molecule has 0 spiro atoms. The number of allylic oxidation sites excluding steroid dienone is 2. The summed E-state index contributed by atoms with van der Waals surface area (Å²) >= 11 is 0. The summed E-state index contributed by atoms with van der Waals surface area (Å²) in [5, 5.41) is 2.90. The number of hydrogen-bond donors (Lipinski definition) is 1. The molecule has 3 aromatic carbocycles. The van der Waals surface area contributed by atoms with Crippen LogP contribution in [-0.4, -0.2) is 24.9 Å². The summed E-state index contributed by atoms with van der Waals surface area (Å²) in [6, 6.07) is 25.4. The lowest BCUT2D eigenvalue weighted by Crippen LogP contribution is -2.41. The van der Waals surface area contributed by atoms with Crippen molar-refractivity contribution in [3.05, 3.63) is 103 Å². The number of anilines is 3. The Balaban J connectivity index is 1.58. The summed E-state index contributed by atoms with van der Waals surface area (Å²) < 4.78 is 4.71. The molecule has 6 nitrogen and oxygen atoms in total. The minimum atomic E-state index is -0.521. The minimum absolute atomic E-state index is 0.122. The first-order chi connectivity index (χ1) is 16.6. The Morgan fingerprint density at radius 2 is 1.29 bits per heavy atom. The molecule has 172 valence electrons. The summed E-state index contributed by atoms with van der Waals surface area (Å²) in [6.45, 7) is 0. The Kier molecular flexibility index (Phi) is 7.18. The highest BCUT2D eigenvalue weighted by Crippen LogP contribution is 2.34. The van der Waals surface area contributed by atoms with Crippen molar-refractivity contribution in [3.8, 4) is 0 Å². The van der Waals surface area contributed by atoms with Crippen LogP contribution in [0, 0.1) is 11.8 Å². The average Bonchev–Trinajstić information content (AvgIpc) is 2.90. The number of hydrogen-bond acceptors (Lipinski definition) is 4. The third-order valence-electron chi connectivity index (χ3n) is 5.91. The number of esters is 1. The number of nitrogens with zero attached hydrogens (tertiary/aromatic N) is 1. The van der Waals surface area contributed by atoms with Crippen molar-refractivity contribution < 1.29 is 19.1 Å². The first-order valence-electron chi connectivity index (χ1n) is 11.2. The van der Waals surface area contributed by atoms with Crippen molar-refractivity contribution in [3.63, 3.8) is 0 Å². The van der Waals surface area contributed by atoms with Crippen molar-refractivity contribution >= 4 is 34.8 Å². The van der Waals surface area contributed by atoms with Crippen LogP contribution in [0.25, 0.3) is 0 Å². The van der Waals surface area contributed by atoms with Gasteiger partial charge < -0.3 is 10.1 Å². The third kappa shape index (κ3) is 5.07. The van der Waals surface area contributed by atoms with Crippen LogP contribution in [0.3, 0.4) is 0 Å². The lowest BCUT2D eigenvalue weighted by atomic mass is 9.81. The Labute approximate surface area is 198 Å². The Bertz CT molecular complexity index is 1130. The van der Waals surface area contributed by atoms with Crippen molar-refractivity contribution in [1.82, 2.24) is 0 Å². The van der Waals surface area contributed by atoms with E-state index in [0.717, 1.165) is 11.4 Å². The predicted octanol–water partition coefficient (Wildman–Crippen LogP) is 5.36. The summed E-state index contributed by atoms with van der Waals surface area (Å²) in [6.07, 6.45) is 4.86. The number of nitrogens with one attached hydrogen (secondary N) is 1. The molecule has 2 atom stereocenters. The number of carbonyl (C=O) groups is 3. The van der Waals surface area contributed by atoms with Gasteiger partial charge in [0.25, 0.3) is 0 Å². The average molecular weight is 455 g/mol. The molecular formula is C28H26N2O4. The van der Waals surface area contributed by atoms with Crippen molar-refractivity contribution in [2.75, 3.05) is 17.3 Å². The highest BCUT2D eigenvalue weighted by Gasteiger charge is 2.37. The SMILES string of the molecule is COC(=O)c1ccc(NC(=O)C2CC=CCC2C(=O)N(c2ccccc2)c2ccccc2)cc1. The van der Waals surface area contributed by atoms with Gasteiger partial charge in [-0.3, -0.25) is 14.5 Å². The third-order valence-corrected chi connectivity index (χ3v) is 5.91. The highest BCUT2D eigenvalue weighted by atomic mass is 16.5. The largest absolute Gasteiger partial charge is 0.465 e. The number of methoxy groups -OCH3 is 1. The molecule has 2 amide bonds. The van der Waals surface area contributed by atoms with Crippen LogP contribution >= 0.6 is 0 Å². The van der Waals surface area contributed by atoms with Crippen molar-refractivity contribution in [1.29, 1.82) is 0 Å². The zero-order chi connectivity index (χ0) is 23.9. The van der Waals surface area contributed by atoms with Gasteiger partial charge in [0.2, 0.25) is 11.8 Å². The maximum atomic E-state index is 13.9. The van der Waals surface area contributed by atoms with Gasteiger partial charge in [0.1, 0.15) is 0 Å². The standard InChI is InChI=1S/C28H26N2O4/c1-34-28(33)20-16-18-21(19-17-20)29-26(31)24-14-8-9-15-25(24)27(32)30(22-10-4-2-5-11-22)23-12-6-3-7-13-23/h2-13,16-19,24-25H,14-15H2,1H3,(H,29,31). The van der Waals surface area contributed by atoms with Crippen molar-refractivity contribution in [2.45, 2.75) is 12.8 Å². The van der Waals surface area contributed by atoms with Crippen LogP contribution in [0.15, 0.2) is 97.1 Å². The number of carbonyl (C=O) groups excluding carboxylic acids is 3. The molecule has 0 bridgehead atoms. The van der Waals surface area contributed by atoms with E-state index < -0.39 is 17.8 Å². The molecule has 3 aromatic rings. The number of amides is 2. The zero-order valence-electron chi connectivity index (χ0n) is 18.9. The normalized spacial score (nSPS) is 17.0. The first kappa shape index (κ1) is 23.0. The number of para-hydroxylation sites is 2. The van der Waals surface area contributed by atoms with E-state index in [1.165, 1.54) is 7.11 Å². The van der Waals surface area contributed by atoms with Gasteiger partial charge in [-0.25, -0.2) is 4.79 Å². The quantitative estimate of drug-likeness (QED) is 0.402. The van der Waals surface area contributed by atoms with Gasteiger partial charge >= 0.3 is 5.97 Å². The highest BCUT2D eigenvalue weighted by molar-refractivity contribution is 6.05. The summed E-state index contributed by atoms with van der Waals surface area (Å²) in [7, 11) is 1.32. The number of benzene rings is 3. The van der Waals surface area contributed by atoms with Gasteiger partial charge in [0.15, 0.2) is 0 Å². The maximum Gasteiger partial charge on any atom is 0.337 e. The second kappa shape index (κ2) is 10.6. The topological polar surface area (TPSA) is 75.7 Å². The summed E-state index contributed by atoms with van der Waals surface area (Å²) in [5.74, 6) is -1.83. The van der Waals surface area contributed by atoms with Crippen LogP contribution in [0.5, 0.6) is 0 Å². The van der Waals surface area contributed by atoms with Gasteiger partial charge in [-0.05, 0) is 61.4 Å². The molecule has 0 radical (unpaired) electrons. The Morgan fingerprint density at radius 3 is 1.82 bits per heavy atom. The summed E-state index contributed by atoms with van der Waals surface area (Å²) in [5.41, 5.74) is 2.47.